The van der Waals surface area contributed by atoms with Gasteiger partial charge in [0.05, 0.1) is 19.3 Å². The second kappa shape index (κ2) is 16.9. The molecule has 3 N–H and O–H groups in total. The third-order valence-corrected chi connectivity index (χ3v) is 8.98. The number of ether oxygens (including phenoxy) is 3. The van der Waals surface area contributed by atoms with Crippen LogP contribution in [0.25, 0.3) is 11.1 Å². The molecule has 0 radical (unpaired) electrons. The molecular weight excluding hydrogens is 649 g/mol. The van der Waals surface area contributed by atoms with Crippen molar-refractivity contribution in [1.29, 1.82) is 0 Å². The predicted molar refractivity (Wildman–Crippen MR) is 189 cm³/mol. The Morgan fingerprint density at radius 1 is 1.02 bits per heavy atom. The molecule has 1 atom stereocenters. The molecule has 9 nitrogen and oxygen atoms in total. The van der Waals surface area contributed by atoms with E-state index >= 15 is 4.39 Å². The number of methoxy groups -OCH3 is 1. The standard InChI is InChI=1S/C38H47ClFN3O6/c1-6-7-21-48-37(46)43(27-16-14-26(15-17-27)42-36(45)49-38(2,3)4)23-30(24-11-9-8-10-12-24)25-13-19-31(39)29(22-25)33-28(35(41)44)18-20-32(47-5)34(33)40/h8-13,18-20,22,26-27,30H,6-7,14-17,21,23H2,1-5H3,(H2,41,44)(H,42,45). The molecule has 1 saturated carbocycles. The largest absolute Gasteiger partial charge is 0.494 e. The summed E-state index contributed by atoms with van der Waals surface area (Å²) in [5.41, 5.74) is 6.91. The van der Waals surface area contributed by atoms with Crippen molar-refractivity contribution < 1.29 is 33.0 Å². The van der Waals surface area contributed by atoms with E-state index < -0.39 is 29.5 Å². The number of carbonyl (C=O) groups excluding carboxylic acids is 3. The molecule has 3 aromatic carbocycles. The van der Waals surface area contributed by atoms with Gasteiger partial charge in [-0.15, -0.1) is 0 Å². The smallest absolute Gasteiger partial charge is 0.410 e. The Morgan fingerprint density at radius 3 is 2.33 bits per heavy atom. The number of hydrogen-bond acceptors (Lipinski definition) is 6. The zero-order valence-electron chi connectivity index (χ0n) is 28.9. The van der Waals surface area contributed by atoms with Crippen molar-refractivity contribution >= 4 is 29.7 Å². The van der Waals surface area contributed by atoms with Crippen molar-refractivity contribution in [2.75, 3.05) is 20.3 Å². The molecule has 1 unspecified atom stereocenters. The molecule has 0 bridgehead atoms. The highest BCUT2D eigenvalue weighted by Gasteiger charge is 2.34. The number of hydrogen-bond donors (Lipinski definition) is 2. The second-order valence-electron chi connectivity index (χ2n) is 13.3. The van der Waals surface area contributed by atoms with Gasteiger partial charge in [-0.1, -0.05) is 61.3 Å². The Balaban J connectivity index is 1.71. The van der Waals surface area contributed by atoms with Crippen molar-refractivity contribution in [3.05, 3.63) is 88.2 Å². The van der Waals surface area contributed by atoms with Crippen LogP contribution in [0.3, 0.4) is 0 Å². The summed E-state index contributed by atoms with van der Waals surface area (Å²) < 4.78 is 32.2. The lowest BCUT2D eigenvalue weighted by Gasteiger charge is -2.38. The minimum Gasteiger partial charge on any atom is -0.494 e. The fourth-order valence-corrected chi connectivity index (χ4v) is 6.40. The number of primary amides is 1. The van der Waals surface area contributed by atoms with Crippen LogP contribution in [0.5, 0.6) is 5.75 Å². The molecule has 0 saturated heterocycles. The van der Waals surface area contributed by atoms with Crippen LogP contribution in [0.4, 0.5) is 14.0 Å². The summed E-state index contributed by atoms with van der Waals surface area (Å²) in [5, 5.41) is 3.19. The number of rotatable bonds is 12. The van der Waals surface area contributed by atoms with E-state index in [4.69, 9.17) is 31.5 Å². The van der Waals surface area contributed by atoms with E-state index in [0.29, 0.717) is 32.3 Å². The Labute approximate surface area is 293 Å². The van der Waals surface area contributed by atoms with Crippen LogP contribution >= 0.6 is 11.6 Å². The van der Waals surface area contributed by atoms with Gasteiger partial charge in [0.2, 0.25) is 5.91 Å². The first-order valence-electron chi connectivity index (χ1n) is 16.8. The maximum atomic E-state index is 15.8. The molecule has 0 aromatic heterocycles. The Bertz CT molecular complexity index is 1600. The summed E-state index contributed by atoms with van der Waals surface area (Å²) in [6, 6.07) is 17.5. The number of carbonyl (C=O) groups is 3. The summed E-state index contributed by atoms with van der Waals surface area (Å²) >= 11 is 6.68. The van der Waals surface area contributed by atoms with Crippen molar-refractivity contribution in [1.82, 2.24) is 10.2 Å². The van der Waals surface area contributed by atoms with E-state index in [1.54, 1.807) is 17.0 Å². The summed E-state index contributed by atoms with van der Waals surface area (Å²) in [7, 11) is 1.34. The predicted octanol–water partition coefficient (Wildman–Crippen LogP) is 8.46. The van der Waals surface area contributed by atoms with Crippen LogP contribution in [0.1, 0.15) is 93.6 Å². The van der Waals surface area contributed by atoms with Crippen LogP contribution in [-0.4, -0.2) is 60.9 Å². The molecule has 3 aromatic rings. The number of unbranched alkanes of at least 4 members (excludes halogenated alkanes) is 1. The molecule has 4 rings (SSSR count). The molecule has 11 heteroatoms. The first-order valence-corrected chi connectivity index (χ1v) is 17.1. The highest BCUT2D eigenvalue weighted by Crippen LogP contribution is 2.40. The molecule has 1 aliphatic carbocycles. The van der Waals surface area contributed by atoms with Crippen LogP contribution in [0, 0.1) is 5.82 Å². The van der Waals surface area contributed by atoms with Gasteiger partial charge in [-0.25, -0.2) is 14.0 Å². The van der Waals surface area contributed by atoms with Crippen LogP contribution in [-0.2, 0) is 9.47 Å². The molecular formula is C38H47ClFN3O6. The zero-order valence-corrected chi connectivity index (χ0v) is 29.6. The average Bonchev–Trinajstić information content (AvgIpc) is 3.05. The molecule has 1 fully saturated rings. The number of benzene rings is 3. The van der Waals surface area contributed by atoms with Crippen molar-refractivity contribution in [3.8, 4) is 16.9 Å². The van der Waals surface area contributed by atoms with E-state index in [0.717, 1.165) is 24.0 Å². The monoisotopic (exact) mass is 695 g/mol. The average molecular weight is 696 g/mol. The molecule has 0 spiro atoms. The molecule has 0 aliphatic heterocycles. The Morgan fingerprint density at radius 2 is 1.71 bits per heavy atom. The van der Waals surface area contributed by atoms with Gasteiger partial charge in [-0.05, 0) is 88.3 Å². The van der Waals surface area contributed by atoms with E-state index in [9.17, 15) is 14.4 Å². The summed E-state index contributed by atoms with van der Waals surface area (Å²) in [5.74, 6) is -2.00. The third kappa shape index (κ3) is 9.88. The number of nitrogens with zero attached hydrogens (tertiary/aromatic N) is 1. The SMILES string of the molecule is CCCCOC(=O)N(CC(c1ccccc1)c1ccc(Cl)c(-c2c(C(N)=O)ccc(OC)c2F)c1)C1CCC(NC(=O)OC(C)(C)C)CC1. The number of amides is 3. The molecule has 49 heavy (non-hydrogen) atoms. The summed E-state index contributed by atoms with van der Waals surface area (Å²) in [6.07, 6.45) is 3.36. The maximum absolute atomic E-state index is 15.8. The number of halogens is 2. The zero-order chi connectivity index (χ0) is 35.7. The molecule has 0 heterocycles. The van der Waals surface area contributed by atoms with Crippen molar-refractivity contribution in [2.45, 2.75) is 89.8 Å². The number of nitrogens with two attached hydrogens (primary N) is 1. The van der Waals surface area contributed by atoms with Gasteiger partial charge in [0.1, 0.15) is 5.60 Å². The van der Waals surface area contributed by atoms with Crippen molar-refractivity contribution in [3.63, 3.8) is 0 Å². The van der Waals surface area contributed by atoms with Gasteiger partial charge in [0.25, 0.3) is 0 Å². The van der Waals surface area contributed by atoms with Gasteiger partial charge >= 0.3 is 12.2 Å². The molecule has 3 amide bonds. The topological polar surface area (TPSA) is 120 Å². The fraction of sp³-hybridized carbons (Fsp3) is 0.447. The van der Waals surface area contributed by atoms with Gasteiger partial charge in [-0.3, -0.25) is 4.79 Å². The van der Waals surface area contributed by atoms with Crippen LogP contribution in [0.15, 0.2) is 60.7 Å². The number of alkyl carbamates (subject to hydrolysis) is 1. The van der Waals surface area contributed by atoms with Crippen LogP contribution < -0.4 is 15.8 Å². The second-order valence-corrected chi connectivity index (χ2v) is 13.8. The lowest BCUT2D eigenvalue weighted by molar-refractivity contribution is 0.0458. The Hall–Kier alpha value is -4.31. The minimum atomic E-state index is -0.810. The fourth-order valence-electron chi connectivity index (χ4n) is 6.19. The lowest BCUT2D eigenvalue weighted by atomic mass is 9.86. The van der Waals surface area contributed by atoms with E-state index in [2.05, 4.69) is 5.32 Å². The van der Waals surface area contributed by atoms with Gasteiger partial charge in [-0.2, -0.15) is 0 Å². The molecule has 264 valence electrons. The highest BCUT2D eigenvalue weighted by atomic mass is 35.5. The van der Waals surface area contributed by atoms with E-state index in [-0.39, 0.29) is 52.0 Å². The lowest BCUT2D eigenvalue weighted by Crippen LogP contribution is -2.48. The summed E-state index contributed by atoms with van der Waals surface area (Å²) in [6.45, 7) is 8.05. The van der Waals surface area contributed by atoms with Crippen LogP contribution in [0.2, 0.25) is 5.02 Å². The first kappa shape index (κ1) is 37.5. The van der Waals surface area contributed by atoms with Crippen molar-refractivity contribution in [2.24, 2.45) is 5.73 Å². The van der Waals surface area contributed by atoms with E-state index in [1.165, 1.54) is 19.2 Å². The third-order valence-electron chi connectivity index (χ3n) is 8.65. The Kier molecular flexibility index (Phi) is 12.9. The van der Waals surface area contributed by atoms with Gasteiger partial charge < -0.3 is 30.2 Å². The quantitative estimate of drug-likeness (QED) is 0.184. The first-order chi connectivity index (χ1) is 23.3. The normalized spacial score (nSPS) is 16.7. The minimum absolute atomic E-state index is 0.0357. The highest BCUT2D eigenvalue weighted by molar-refractivity contribution is 6.33. The summed E-state index contributed by atoms with van der Waals surface area (Å²) in [4.78, 5) is 40.4. The van der Waals surface area contributed by atoms with Gasteiger partial charge in [0.15, 0.2) is 11.6 Å². The van der Waals surface area contributed by atoms with Gasteiger partial charge in [0, 0.05) is 40.7 Å². The maximum Gasteiger partial charge on any atom is 0.410 e. The number of nitrogens with one attached hydrogen (secondary N) is 1. The molecule has 1 aliphatic rings. The van der Waals surface area contributed by atoms with E-state index in [1.807, 2.05) is 64.1 Å².